The van der Waals surface area contributed by atoms with Gasteiger partial charge in [0.05, 0.1) is 11.6 Å². The number of nitrogens with zero attached hydrogens (tertiary/aromatic N) is 3. The number of halogens is 1. The van der Waals surface area contributed by atoms with Crippen molar-refractivity contribution in [2.45, 2.75) is 35.6 Å². The maximum atomic E-state index is 14.2. The standard InChI is InChI=1S/C35H26FN3O5S2/c1-20-16-24-17-22(14-15-28(24)43-20)31(40)29-30(21-9-7-12-26(18-21)44-25-10-3-2-4-11-25)39(33(42)32(29)41)34-37-38-35(46-34)45-19-23-8-5-6-13-27(23)36/h2-15,17-18,20,30,40H,16,19H2,1H3/b31-29+. The van der Waals surface area contributed by atoms with Crippen LogP contribution in [0.15, 0.2) is 107 Å². The van der Waals surface area contributed by atoms with E-state index >= 15 is 0 Å². The first-order valence-corrected chi connectivity index (χ1v) is 16.3. The molecule has 0 bridgehead atoms. The van der Waals surface area contributed by atoms with Crippen molar-refractivity contribution in [3.05, 3.63) is 131 Å². The Morgan fingerprint density at radius 3 is 2.61 bits per heavy atom. The molecule has 3 heterocycles. The van der Waals surface area contributed by atoms with E-state index in [1.807, 2.05) is 37.3 Å². The highest BCUT2D eigenvalue weighted by molar-refractivity contribution is 8.00. The molecule has 5 aromatic rings. The monoisotopic (exact) mass is 651 g/mol. The number of rotatable bonds is 8. The molecular weight excluding hydrogens is 626 g/mol. The molecule has 11 heteroatoms. The molecular formula is C35H26FN3O5S2. The van der Waals surface area contributed by atoms with Gasteiger partial charge in [-0.2, -0.15) is 0 Å². The fraction of sp³-hybridized carbons (Fsp3) is 0.143. The molecule has 230 valence electrons. The number of carbonyl (C=O) groups is 2. The lowest BCUT2D eigenvalue weighted by atomic mass is 9.94. The van der Waals surface area contributed by atoms with E-state index in [-0.39, 0.29) is 28.4 Å². The molecule has 2 atom stereocenters. The normalized spacial score (nSPS) is 18.4. The van der Waals surface area contributed by atoms with Crippen LogP contribution in [0.2, 0.25) is 0 Å². The second-order valence-corrected chi connectivity index (χ2v) is 13.0. The number of Topliss-reactive ketones (excluding diaryl/α,β-unsaturated/α-hetero) is 1. The quantitative estimate of drug-likeness (QED) is 0.0599. The summed E-state index contributed by atoms with van der Waals surface area (Å²) in [4.78, 5) is 28.7. The number of hydrogen-bond acceptors (Lipinski definition) is 9. The van der Waals surface area contributed by atoms with E-state index < -0.39 is 17.7 Å². The SMILES string of the molecule is CC1Cc2cc(/C(O)=C3\C(=O)C(=O)N(c4nnc(SCc5ccccc5F)s4)C3c3cccc(Oc4ccccc4)c3)ccc2O1. The highest BCUT2D eigenvalue weighted by atomic mass is 32.2. The van der Waals surface area contributed by atoms with Crippen LogP contribution in [0.1, 0.15) is 35.2 Å². The van der Waals surface area contributed by atoms with Gasteiger partial charge in [0, 0.05) is 17.7 Å². The number of thioether (sulfide) groups is 1. The fourth-order valence-corrected chi connectivity index (χ4v) is 7.41. The minimum absolute atomic E-state index is 0.00631. The highest BCUT2D eigenvalue weighted by Gasteiger charge is 2.48. The van der Waals surface area contributed by atoms with E-state index in [9.17, 15) is 19.1 Å². The van der Waals surface area contributed by atoms with Crippen LogP contribution in [0, 0.1) is 5.82 Å². The van der Waals surface area contributed by atoms with Crippen LogP contribution in [0.5, 0.6) is 17.2 Å². The number of para-hydroxylation sites is 1. The predicted octanol–water partition coefficient (Wildman–Crippen LogP) is 7.71. The second kappa shape index (κ2) is 12.4. The molecule has 7 rings (SSSR count). The molecule has 2 unspecified atom stereocenters. The first kappa shape index (κ1) is 29.7. The van der Waals surface area contributed by atoms with Crippen LogP contribution in [-0.4, -0.2) is 33.1 Å². The zero-order chi connectivity index (χ0) is 31.8. The number of aromatic nitrogens is 2. The molecule has 4 aromatic carbocycles. The summed E-state index contributed by atoms with van der Waals surface area (Å²) in [5, 5.41) is 20.3. The molecule has 1 fully saturated rings. The van der Waals surface area contributed by atoms with Crippen LogP contribution in [0.3, 0.4) is 0 Å². The summed E-state index contributed by atoms with van der Waals surface area (Å²) in [5.74, 6) is -0.194. The van der Waals surface area contributed by atoms with Crippen molar-refractivity contribution in [1.82, 2.24) is 10.2 Å². The Bertz CT molecular complexity index is 2000. The Morgan fingerprint density at radius 1 is 1.00 bits per heavy atom. The van der Waals surface area contributed by atoms with E-state index in [1.165, 1.54) is 22.7 Å². The van der Waals surface area contributed by atoms with Crippen molar-refractivity contribution >= 4 is 45.7 Å². The fourth-order valence-electron chi connectivity index (χ4n) is 5.56. The second-order valence-electron chi connectivity index (χ2n) is 10.8. The molecule has 1 N–H and O–H groups in total. The van der Waals surface area contributed by atoms with Gasteiger partial charge in [0.2, 0.25) is 5.13 Å². The molecule has 46 heavy (non-hydrogen) atoms. The molecule has 2 aliphatic rings. The van der Waals surface area contributed by atoms with E-state index in [1.54, 1.807) is 60.7 Å². The molecule has 0 radical (unpaired) electrons. The lowest BCUT2D eigenvalue weighted by molar-refractivity contribution is -0.132. The minimum atomic E-state index is -1.03. The summed E-state index contributed by atoms with van der Waals surface area (Å²) in [7, 11) is 0. The molecule has 8 nitrogen and oxygen atoms in total. The van der Waals surface area contributed by atoms with Gasteiger partial charge >= 0.3 is 5.91 Å². The third-order valence-electron chi connectivity index (χ3n) is 7.68. The van der Waals surface area contributed by atoms with Gasteiger partial charge in [-0.05, 0) is 72.1 Å². The summed E-state index contributed by atoms with van der Waals surface area (Å²) < 4.78 is 26.6. The van der Waals surface area contributed by atoms with Gasteiger partial charge < -0.3 is 14.6 Å². The van der Waals surface area contributed by atoms with Crippen molar-refractivity contribution in [1.29, 1.82) is 0 Å². The number of benzene rings is 4. The van der Waals surface area contributed by atoms with Crippen molar-refractivity contribution in [2.75, 3.05) is 4.90 Å². The molecule has 1 aromatic heterocycles. The summed E-state index contributed by atoms with van der Waals surface area (Å²) >= 11 is 2.39. The van der Waals surface area contributed by atoms with Gasteiger partial charge in [-0.15, -0.1) is 10.2 Å². The Balaban J connectivity index is 1.29. The van der Waals surface area contributed by atoms with E-state index in [4.69, 9.17) is 9.47 Å². The maximum Gasteiger partial charge on any atom is 0.301 e. The van der Waals surface area contributed by atoms with Gasteiger partial charge in [0.15, 0.2) is 4.34 Å². The first-order chi connectivity index (χ1) is 22.4. The first-order valence-electron chi connectivity index (χ1n) is 14.5. The Hall–Kier alpha value is -5.00. The van der Waals surface area contributed by atoms with Crippen molar-refractivity contribution in [3.8, 4) is 17.2 Å². The Morgan fingerprint density at radius 2 is 1.78 bits per heavy atom. The van der Waals surface area contributed by atoms with Crippen LogP contribution < -0.4 is 14.4 Å². The van der Waals surface area contributed by atoms with Crippen LogP contribution >= 0.6 is 23.1 Å². The van der Waals surface area contributed by atoms with Crippen LogP contribution in [0.4, 0.5) is 9.52 Å². The molecule has 0 spiro atoms. The third kappa shape index (κ3) is 5.75. The van der Waals surface area contributed by atoms with Gasteiger partial charge in [-0.1, -0.05) is 71.6 Å². The summed E-state index contributed by atoms with van der Waals surface area (Å²) in [6.07, 6.45) is 0.652. The van der Waals surface area contributed by atoms with Gasteiger partial charge in [-0.3, -0.25) is 14.5 Å². The predicted molar refractivity (Wildman–Crippen MR) is 174 cm³/mol. The van der Waals surface area contributed by atoms with Crippen LogP contribution in [0.25, 0.3) is 5.76 Å². The van der Waals surface area contributed by atoms with Gasteiger partial charge in [0.1, 0.15) is 34.9 Å². The molecule has 1 amide bonds. The number of ketones is 1. The zero-order valence-electron chi connectivity index (χ0n) is 24.4. The average molecular weight is 652 g/mol. The number of fused-ring (bicyclic) bond motifs is 1. The topological polar surface area (TPSA) is 102 Å². The zero-order valence-corrected chi connectivity index (χ0v) is 26.1. The Kier molecular flexibility index (Phi) is 8.02. The smallest absolute Gasteiger partial charge is 0.301 e. The number of anilines is 1. The van der Waals surface area contributed by atoms with Gasteiger partial charge in [0.25, 0.3) is 5.78 Å². The van der Waals surface area contributed by atoms with Gasteiger partial charge in [-0.25, -0.2) is 4.39 Å². The summed E-state index contributed by atoms with van der Waals surface area (Å²) in [6, 6.07) is 26.9. The lowest BCUT2D eigenvalue weighted by Crippen LogP contribution is -2.29. The number of carbonyl (C=O) groups excluding carboxylic acids is 2. The minimum Gasteiger partial charge on any atom is -0.507 e. The summed E-state index contributed by atoms with van der Waals surface area (Å²) in [6.45, 7) is 1.96. The Labute approximate surface area is 272 Å². The number of ether oxygens (including phenoxy) is 2. The lowest BCUT2D eigenvalue weighted by Gasteiger charge is -2.23. The molecule has 0 aliphatic carbocycles. The average Bonchev–Trinajstić information content (AvgIpc) is 3.75. The van der Waals surface area contributed by atoms with Crippen molar-refractivity contribution in [3.63, 3.8) is 0 Å². The van der Waals surface area contributed by atoms with E-state index in [0.717, 1.165) is 22.6 Å². The largest absolute Gasteiger partial charge is 0.507 e. The highest BCUT2D eigenvalue weighted by Crippen LogP contribution is 2.45. The number of amides is 1. The molecule has 0 saturated carbocycles. The van der Waals surface area contributed by atoms with E-state index in [0.29, 0.717) is 44.7 Å². The number of aliphatic hydroxyl groups is 1. The molecule has 2 aliphatic heterocycles. The van der Waals surface area contributed by atoms with E-state index in [2.05, 4.69) is 10.2 Å². The van der Waals surface area contributed by atoms with Crippen molar-refractivity contribution in [2.24, 2.45) is 0 Å². The van der Waals surface area contributed by atoms with Crippen molar-refractivity contribution < 1.29 is 28.6 Å². The number of aliphatic hydroxyl groups excluding tert-OH is 1. The number of hydrogen-bond donors (Lipinski definition) is 1. The molecule has 1 saturated heterocycles. The third-order valence-corrected chi connectivity index (χ3v) is 9.78. The summed E-state index contributed by atoms with van der Waals surface area (Å²) in [5.41, 5.74) is 2.26. The maximum absolute atomic E-state index is 14.2. The van der Waals surface area contributed by atoms with Crippen LogP contribution in [-0.2, 0) is 21.8 Å².